The van der Waals surface area contributed by atoms with Gasteiger partial charge in [-0.25, -0.2) is 0 Å². The average molecular weight is 265 g/mol. The number of methoxy groups -OCH3 is 1. The number of ether oxygens (including phenoxy) is 2. The molecule has 1 fully saturated rings. The second-order valence-electron chi connectivity index (χ2n) is 4.20. The molecule has 17 heavy (non-hydrogen) atoms. The lowest BCUT2D eigenvalue weighted by molar-refractivity contribution is -0.273. The van der Waals surface area contributed by atoms with Crippen molar-refractivity contribution in [1.29, 1.82) is 0 Å². The van der Waals surface area contributed by atoms with Gasteiger partial charge in [-0.1, -0.05) is 6.92 Å². The minimum atomic E-state index is -0.972. The molecule has 0 aromatic carbocycles. The molecule has 0 amide bonds. The van der Waals surface area contributed by atoms with Crippen LogP contribution >= 0.6 is 11.8 Å². The smallest absolute Gasteiger partial charge is 0.186 e. The normalized spacial score (nSPS) is 38.3. The van der Waals surface area contributed by atoms with Crippen LogP contribution in [0, 0.1) is 5.92 Å². The number of nitrogens with two attached hydrogens (primary N) is 1. The zero-order valence-electron chi connectivity index (χ0n) is 10.4. The molecule has 0 aromatic heterocycles. The molecular weight excluding hydrogens is 242 g/mol. The molecule has 1 saturated heterocycles. The molecule has 6 heteroatoms. The summed E-state index contributed by atoms with van der Waals surface area (Å²) in [6, 6.07) is 0. The zero-order chi connectivity index (χ0) is 12.8. The van der Waals surface area contributed by atoms with Gasteiger partial charge in [0.25, 0.3) is 0 Å². The van der Waals surface area contributed by atoms with Gasteiger partial charge in [-0.3, -0.25) is 0 Å². The molecule has 0 aromatic rings. The first kappa shape index (κ1) is 15.2. The molecule has 0 spiro atoms. The third-order valence-corrected chi connectivity index (χ3v) is 4.19. The minimum absolute atomic E-state index is 0.0540. The topological polar surface area (TPSA) is 84.9 Å². The summed E-state index contributed by atoms with van der Waals surface area (Å²) >= 11 is 1.70. The highest BCUT2D eigenvalue weighted by atomic mass is 32.2. The molecule has 1 aliphatic heterocycles. The summed E-state index contributed by atoms with van der Waals surface area (Å²) in [7, 11) is 1.47. The molecule has 5 nitrogen and oxygen atoms in total. The molecule has 0 radical (unpaired) electrons. The lowest BCUT2D eigenvalue weighted by atomic mass is 9.88. The molecular formula is C11H23NO4S. The minimum Gasteiger partial charge on any atom is -0.390 e. The van der Waals surface area contributed by atoms with Gasteiger partial charge in [0, 0.05) is 31.1 Å². The molecule has 3 unspecified atom stereocenters. The molecule has 5 atom stereocenters. The Hall–Kier alpha value is 0.150. The molecule has 0 aliphatic carbocycles. The first-order chi connectivity index (χ1) is 8.15. The summed E-state index contributed by atoms with van der Waals surface area (Å²) in [5.74, 6) is 1.58. The summed E-state index contributed by atoms with van der Waals surface area (Å²) in [5.41, 5.74) is 5.44. The van der Waals surface area contributed by atoms with Crippen LogP contribution in [0.2, 0.25) is 0 Å². The van der Waals surface area contributed by atoms with Crippen molar-refractivity contribution in [3.05, 3.63) is 0 Å². The Bertz CT molecular complexity index is 220. The van der Waals surface area contributed by atoms with E-state index >= 15 is 0 Å². The number of hydrogen-bond donors (Lipinski definition) is 3. The Morgan fingerprint density at radius 3 is 2.59 bits per heavy atom. The third kappa shape index (κ3) is 3.81. The average Bonchev–Trinajstić information content (AvgIpc) is 2.34. The van der Waals surface area contributed by atoms with Gasteiger partial charge >= 0.3 is 0 Å². The summed E-state index contributed by atoms with van der Waals surface area (Å²) in [4.78, 5) is 0. The molecule has 1 heterocycles. The number of aliphatic hydroxyl groups is 2. The van der Waals surface area contributed by atoms with Crippen molar-refractivity contribution in [2.24, 2.45) is 11.7 Å². The highest BCUT2D eigenvalue weighted by Gasteiger charge is 2.43. The Morgan fingerprint density at radius 2 is 2.06 bits per heavy atom. The van der Waals surface area contributed by atoms with Crippen molar-refractivity contribution in [1.82, 2.24) is 0 Å². The van der Waals surface area contributed by atoms with Crippen molar-refractivity contribution >= 4 is 11.8 Å². The standard InChI is InChI=1S/C11H23NO4S/c1-3-7-8(6-17-5-4-12)16-11(15-2)10(14)9(7)13/h7-11,13-14H,3-6,12H2,1-2H3/t7?,8?,9-,10?,11-/m0/s1. The number of aliphatic hydroxyl groups excluding tert-OH is 2. The van der Waals surface area contributed by atoms with Gasteiger partial charge in [0.1, 0.15) is 6.10 Å². The highest BCUT2D eigenvalue weighted by molar-refractivity contribution is 7.99. The van der Waals surface area contributed by atoms with Gasteiger partial charge in [-0.15, -0.1) is 0 Å². The fourth-order valence-electron chi connectivity index (χ4n) is 2.13. The first-order valence-electron chi connectivity index (χ1n) is 5.97. The summed E-state index contributed by atoms with van der Waals surface area (Å²) < 4.78 is 10.7. The van der Waals surface area contributed by atoms with Crippen LogP contribution in [0.15, 0.2) is 0 Å². The molecule has 0 bridgehead atoms. The van der Waals surface area contributed by atoms with E-state index in [9.17, 15) is 10.2 Å². The maximum atomic E-state index is 10.0. The Morgan fingerprint density at radius 1 is 1.35 bits per heavy atom. The van der Waals surface area contributed by atoms with Gasteiger partial charge in [0.2, 0.25) is 0 Å². The fourth-order valence-corrected chi connectivity index (χ4v) is 3.02. The SMILES string of the molecule is CCC1C(CSCCN)O[C@H](OC)C(O)[C@H]1O. The van der Waals surface area contributed by atoms with Crippen molar-refractivity contribution in [2.75, 3.05) is 25.2 Å². The molecule has 4 N–H and O–H groups in total. The van der Waals surface area contributed by atoms with Crippen LogP contribution in [0.5, 0.6) is 0 Å². The lowest BCUT2D eigenvalue weighted by Gasteiger charge is -2.42. The summed E-state index contributed by atoms with van der Waals surface area (Å²) in [6.45, 7) is 2.62. The van der Waals surface area contributed by atoms with E-state index in [1.54, 1.807) is 11.8 Å². The number of rotatable bonds is 6. The van der Waals surface area contributed by atoms with Crippen LogP contribution < -0.4 is 5.73 Å². The van der Waals surface area contributed by atoms with Gasteiger partial charge in [-0.05, 0) is 6.42 Å². The monoisotopic (exact) mass is 265 g/mol. The van der Waals surface area contributed by atoms with E-state index in [4.69, 9.17) is 15.2 Å². The van der Waals surface area contributed by atoms with Crippen molar-refractivity contribution in [2.45, 2.75) is 37.9 Å². The Kier molecular flexibility index (Phi) is 6.76. The van der Waals surface area contributed by atoms with E-state index < -0.39 is 18.5 Å². The second kappa shape index (κ2) is 7.56. The summed E-state index contributed by atoms with van der Waals surface area (Å²) in [6.07, 6.45) is -1.83. The summed E-state index contributed by atoms with van der Waals surface area (Å²) in [5, 5.41) is 19.8. The van der Waals surface area contributed by atoms with Crippen LogP contribution in [0.4, 0.5) is 0 Å². The van der Waals surface area contributed by atoms with E-state index in [0.29, 0.717) is 6.54 Å². The van der Waals surface area contributed by atoms with Gasteiger partial charge in [0.15, 0.2) is 6.29 Å². The number of thioether (sulfide) groups is 1. The van der Waals surface area contributed by atoms with E-state index in [0.717, 1.165) is 17.9 Å². The highest BCUT2D eigenvalue weighted by Crippen LogP contribution is 2.30. The molecule has 0 saturated carbocycles. The van der Waals surface area contributed by atoms with Crippen LogP contribution in [-0.2, 0) is 9.47 Å². The molecule has 1 rings (SSSR count). The Labute approximate surface area is 107 Å². The van der Waals surface area contributed by atoms with Crippen LogP contribution in [0.3, 0.4) is 0 Å². The fraction of sp³-hybridized carbons (Fsp3) is 1.00. The number of hydrogen-bond acceptors (Lipinski definition) is 6. The van der Waals surface area contributed by atoms with Gasteiger partial charge in [0.05, 0.1) is 12.2 Å². The van der Waals surface area contributed by atoms with E-state index in [2.05, 4.69) is 0 Å². The van der Waals surface area contributed by atoms with Gasteiger partial charge < -0.3 is 25.4 Å². The van der Waals surface area contributed by atoms with Crippen molar-refractivity contribution in [3.63, 3.8) is 0 Å². The predicted molar refractivity (Wildman–Crippen MR) is 67.8 cm³/mol. The zero-order valence-corrected chi connectivity index (χ0v) is 11.2. The quantitative estimate of drug-likeness (QED) is 0.577. The largest absolute Gasteiger partial charge is 0.390 e. The molecule has 1 aliphatic rings. The van der Waals surface area contributed by atoms with Crippen LogP contribution in [0.25, 0.3) is 0 Å². The third-order valence-electron chi connectivity index (χ3n) is 3.10. The van der Waals surface area contributed by atoms with Crippen molar-refractivity contribution in [3.8, 4) is 0 Å². The van der Waals surface area contributed by atoms with E-state index in [1.807, 2.05) is 6.92 Å². The Balaban J connectivity index is 2.59. The van der Waals surface area contributed by atoms with E-state index in [1.165, 1.54) is 7.11 Å². The van der Waals surface area contributed by atoms with E-state index in [-0.39, 0.29) is 12.0 Å². The first-order valence-corrected chi connectivity index (χ1v) is 7.13. The maximum Gasteiger partial charge on any atom is 0.186 e. The van der Waals surface area contributed by atoms with Crippen LogP contribution in [-0.4, -0.2) is 60.0 Å². The van der Waals surface area contributed by atoms with Crippen LogP contribution in [0.1, 0.15) is 13.3 Å². The predicted octanol–water partition coefficient (Wildman–Crippen LogP) is -0.202. The van der Waals surface area contributed by atoms with Crippen molar-refractivity contribution < 1.29 is 19.7 Å². The van der Waals surface area contributed by atoms with Gasteiger partial charge in [-0.2, -0.15) is 11.8 Å². The second-order valence-corrected chi connectivity index (χ2v) is 5.35. The maximum absolute atomic E-state index is 10.0. The molecule has 102 valence electrons. The lowest BCUT2D eigenvalue weighted by Crippen LogP contribution is -2.55.